The fourth-order valence-electron chi connectivity index (χ4n) is 3.21. The molecule has 0 fully saturated rings. The number of anilines is 2. The van der Waals surface area contributed by atoms with Gasteiger partial charge in [-0.05, 0) is 73.0 Å². The number of hydrogen-bond donors (Lipinski definition) is 2. The number of fused-ring (bicyclic) bond motifs is 1. The van der Waals surface area contributed by atoms with Crippen molar-refractivity contribution in [2.75, 3.05) is 24.4 Å². The lowest BCUT2D eigenvalue weighted by molar-refractivity contribution is -0.111. The number of carbonyl (C=O) groups excluding carboxylic acids is 1. The summed E-state index contributed by atoms with van der Waals surface area (Å²) in [4.78, 5) is 24.9. The van der Waals surface area contributed by atoms with Crippen LogP contribution in [0.25, 0.3) is 16.6 Å². The zero-order valence-electron chi connectivity index (χ0n) is 19.3. The Hall–Kier alpha value is -4.74. The number of ether oxygens (including phenoxy) is 2. The van der Waals surface area contributed by atoms with Crippen LogP contribution < -0.4 is 15.4 Å². The molecule has 0 atom stereocenters. The van der Waals surface area contributed by atoms with Gasteiger partial charge in [-0.25, -0.2) is 9.97 Å². The third-order valence-corrected chi connectivity index (χ3v) is 4.87. The molecule has 0 spiro atoms. The quantitative estimate of drug-likeness (QED) is 0.379. The summed E-state index contributed by atoms with van der Waals surface area (Å²) in [6, 6.07) is 16.5. The molecule has 0 aliphatic rings. The van der Waals surface area contributed by atoms with Gasteiger partial charge in [0.15, 0.2) is 0 Å². The topological polar surface area (TPSA) is 98.3 Å². The molecule has 0 unspecified atom stereocenters. The number of aromatic nitrogens is 3. The van der Waals surface area contributed by atoms with Crippen LogP contribution in [0.5, 0.6) is 11.5 Å². The van der Waals surface area contributed by atoms with E-state index < -0.39 is 5.91 Å². The Balaban J connectivity index is 1.49. The molecule has 2 aromatic carbocycles. The molecule has 0 saturated carbocycles. The van der Waals surface area contributed by atoms with E-state index in [-0.39, 0.29) is 6.61 Å². The maximum Gasteiger partial charge on any atom is 0.300 e. The normalized spacial score (nSPS) is 10.2. The number of methoxy groups -OCH3 is 1. The Morgan fingerprint density at radius 3 is 2.60 bits per heavy atom. The van der Waals surface area contributed by atoms with Crippen molar-refractivity contribution in [1.82, 2.24) is 15.0 Å². The van der Waals surface area contributed by atoms with Gasteiger partial charge in [0.25, 0.3) is 5.91 Å². The summed E-state index contributed by atoms with van der Waals surface area (Å²) in [5.74, 6) is 6.41. The molecule has 0 aliphatic heterocycles. The van der Waals surface area contributed by atoms with Crippen molar-refractivity contribution in [2.45, 2.75) is 6.92 Å². The minimum atomic E-state index is -0.423. The third kappa shape index (κ3) is 6.19. The molecule has 174 valence electrons. The molecule has 0 radical (unpaired) electrons. The molecule has 2 heterocycles. The summed E-state index contributed by atoms with van der Waals surface area (Å²) in [5.41, 5.74) is 3.74. The number of nitrogens with zero attached hydrogens (tertiary/aromatic N) is 3. The highest BCUT2D eigenvalue weighted by Crippen LogP contribution is 2.31. The van der Waals surface area contributed by atoms with Crippen molar-refractivity contribution in [2.24, 2.45) is 0 Å². The molecule has 8 heteroatoms. The number of hydrogen-bond acceptors (Lipinski definition) is 7. The van der Waals surface area contributed by atoms with Crippen LogP contribution in [-0.2, 0) is 9.53 Å². The fraction of sp³-hybridized carbons (Fsp3) is 0.111. The number of carbonyl (C=O) groups is 1. The molecule has 0 bridgehead atoms. The van der Waals surface area contributed by atoms with Crippen molar-refractivity contribution >= 4 is 34.1 Å². The Kier molecular flexibility index (Phi) is 7.31. The first-order chi connectivity index (χ1) is 17.0. The van der Waals surface area contributed by atoms with Crippen molar-refractivity contribution in [3.05, 3.63) is 84.8 Å². The lowest BCUT2D eigenvalue weighted by Gasteiger charge is -2.12. The molecule has 4 aromatic rings. The Labute approximate surface area is 203 Å². The van der Waals surface area contributed by atoms with Crippen LogP contribution in [-0.4, -0.2) is 34.6 Å². The smallest absolute Gasteiger partial charge is 0.300 e. The van der Waals surface area contributed by atoms with Gasteiger partial charge in [-0.15, -0.1) is 0 Å². The van der Waals surface area contributed by atoms with Crippen molar-refractivity contribution < 1.29 is 14.3 Å². The van der Waals surface area contributed by atoms with Crippen LogP contribution in [0.4, 0.5) is 11.6 Å². The van der Waals surface area contributed by atoms with Crippen molar-refractivity contribution in [3.8, 4) is 23.3 Å². The van der Waals surface area contributed by atoms with Crippen LogP contribution in [0.1, 0.15) is 11.3 Å². The van der Waals surface area contributed by atoms with E-state index in [4.69, 9.17) is 9.47 Å². The second kappa shape index (κ2) is 10.9. The SMILES string of the molecule is C=C(Nc1nccc(C)n1)c1ccc(Oc2ccnc3ccc(NC(=O)C#CCOC)cc23)cc1. The maximum absolute atomic E-state index is 12.0. The standard InChI is InChI=1S/C27H23N5O3/c1-18-12-14-29-27(30-18)31-19(2)20-6-9-22(10-7-20)35-25-13-15-28-24-11-8-21(17-23(24)25)32-26(33)5-4-16-34-3/h6-15,17H,2,16H2,1,3H3,(H,32,33)(H,29,30,31). The summed E-state index contributed by atoms with van der Waals surface area (Å²) in [7, 11) is 1.52. The first kappa shape index (κ1) is 23.4. The molecular formula is C27H23N5O3. The molecule has 8 nitrogen and oxygen atoms in total. The molecule has 4 rings (SSSR count). The molecule has 1 amide bonds. The number of nitrogens with one attached hydrogen (secondary N) is 2. The van der Waals surface area contributed by atoms with Gasteiger partial charge in [-0.1, -0.05) is 12.5 Å². The second-order valence-corrected chi connectivity index (χ2v) is 7.48. The largest absolute Gasteiger partial charge is 0.457 e. The lowest BCUT2D eigenvalue weighted by atomic mass is 10.1. The third-order valence-electron chi connectivity index (χ3n) is 4.87. The van der Waals surface area contributed by atoms with E-state index in [0.717, 1.165) is 22.2 Å². The van der Waals surface area contributed by atoms with Crippen LogP contribution >= 0.6 is 0 Å². The first-order valence-electron chi connectivity index (χ1n) is 10.7. The van der Waals surface area contributed by atoms with Crippen LogP contribution in [0.3, 0.4) is 0 Å². The average Bonchev–Trinajstić information content (AvgIpc) is 2.85. The highest BCUT2D eigenvalue weighted by atomic mass is 16.5. The molecule has 0 aliphatic carbocycles. The minimum absolute atomic E-state index is 0.189. The predicted molar refractivity (Wildman–Crippen MR) is 136 cm³/mol. The number of benzene rings is 2. The Bertz CT molecular complexity index is 1440. The van der Waals surface area contributed by atoms with Gasteiger partial charge in [-0.3, -0.25) is 9.78 Å². The van der Waals surface area contributed by atoms with Crippen molar-refractivity contribution in [3.63, 3.8) is 0 Å². The van der Waals surface area contributed by atoms with Gasteiger partial charge in [-0.2, -0.15) is 0 Å². The Morgan fingerprint density at radius 2 is 1.83 bits per heavy atom. The highest BCUT2D eigenvalue weighted by Gasteiger charge is 2.08. The predicted octanol–water partition coefficient (Wildman–Crippen LogP) is 4.80. The second-order valence-electron chi connectivity index (χ2n) is 7.48. The monoisotopic (exact) mass is 465 g/mol. The highest BCUT2D eigenvalue weighted by molar-refractivity contribution is 6.05. The van der Waals surface area contributed by atoms with E-state index >= 15 is 0 Å². The summed E-state index contributed by atoms with van der Waals surface area (Å²) in [6.07, 6.45) is 3.37. The molecule has 35 heavy (non-hydrogen) atoms. The van der Waals surface area contributed by atoms with E-state index in [1.807, 2.05) is 43.3 Å². The zero-order chi connectivity index (χ0) is 24.6. The van der Waals surface area contributed by atoms with Gasteiger partial charge < -0.3 is 20.1 Å². The summed E-state index contributed by atoms with van der Waals surface area (Å²) in [6.45, 7) is 6.16. The van der Waals surface area contributed by atoms with Crippen molar-refractivity contribution in [1.29, 1.82) is 0 Å². The summed E-state index contributed by atoms with van der Waals surface area (Å²) in [5, 5.41) is 6.61. The van der Waals surface area contributed by atoms with E-state index in [0.29, 0.717) is 28.8 Å². The number of aryl methyl sites for hydroxylation is 1. The number of rotatable bonds is 7. The van der Waals surface area contributed by atoms with Crippen LogP contribution in [0.2, 0.25) is 0 Å². The summed E-state index contributed by atoms with van der Waals surface area (Å²) >= 11 is 0. The molecule has 2 aromatic heterocycles. The first-order valence-corrected chi connectivity index (χ1v) is 10.7. The van der Waals surface area contributed by atoms with Gasteiger partial charge in [0.2, 0.25) is 5.95 Å². The zero-order valence-corrected chi connectivity index (χ0v) is 19.3. The minimum Gasteiger partial charge on any atom is -0.457 e. The fourth-order valence-corrected chi connectivity index (χ4v) is 3.21. The molecule has 0 saturated heterocycles. The summed E-state index contributed by atoms with van der Waals surface area (Å²) < 4.78 is 11.0. The lowest BCUT2D eigenvalue weighted by Crippen LogP contribution is -2.08. The molecular weight excluding hydrogens is 442 g/mol. The van der Waals surface area contributed by atoms with E-state index in [9.17, 15) is 4.79 Å². The Morgan fingerprint density at radius 1 is 1.03 bits per heavy atom. The van der Waals surface area contributed by atoms with Gasteiger partial charge in [0.05, 0.1) is 5.52 Å². The van der Waals surface area contributed by atoms with E-state index in [2.05, 4.69) is 44.0 Å². The van der Waals surface area contributed by atoms with Crippen LogP contribution in [0, 0.1) is 18.8 Å². The number of pyridine rings is 1. The van der Waals surface area contributed by atoms with Gasteiger partial charge >= 0.3 is 0 Å². The van der Waals surface area contributed by atoms with E-state index in [1.54, 1.807) is 30.6 Å². The average molecular weight is 466 g/mol. The van der Waals surface area contributed by atoms with Gasteiger partial charge in [0.1, 0.15) is 18.1 Å². The van der Waals surface area contributed by atoms with E-state index in [1.165, 1.54) is 7.11 Å². The van der Waals surface area contributed by atoms with Gasteiger partial charge in [0, 0.05) is 42.0 Å². The number of amides is 1. The molecule has 2 N–H and O–H groups in total. The maximum atomic E-state index is 12.0. The van der Waals surface area contributed by atoms with Crippen LogP contribution in [0.15, 0.2) is 73.6 Å².